The Balaban J connectivity index is 3.97. The van der Waals surface area contributed by atoms with Crippen LogP contribution in [0.2, 0.25) is 0 Å². The maximum Gasteiger partial charge on any atom is 0.422 e. The van der Waals surface area contributed by atoms with E-state index in [1.807, 2.05) is 0 Å². The molecule has 6 heteroatoms. The van der Waals surface area contributed by atoms with E-state index in [0.717, 1.165) is 0 Å². The van der Waals surface area contributed by atoms with Gasteiger partial charge in [0, 0.05) is 0 Å². The topological polar surface area (TPSA) is 52.3 Å². The van der Waals surface area contributed by atoms with Crippen LogP contribution < -0.4 is 5.73 Å². The molecule has 0 fully saturated rings. The van der Waals surface area contributed by atoms with Gasteiger partial charge in [-0.1, -0.05) is 20.3 Å². The third-order valence-electron chi connectivity index (χ3n) is 1.91. The zero-order chi connectivity index (χ0) is 11.4. The van der Waals surface area contributed by atoms with Gasteiger partial charge in [-0.05, 0) is 5.92 Å². The molecule has 0 aliphatic rings. The Bertz CT molecular complexity index is 194. The first-order valence-corrected chi connectivity index (χ1v) is 4.27. The van der Waals surface area contributed by atoms with Crippen LogP contribution in [0.1, 0.15) is 20.3 Å². The van der Waals surface area contributed by atoms with Gasteiger partial charge in [0.2, 0.25) is 0 Å². The predicted molar refractivity (Wildman–Crippen MR) is 44.4 cm³/mol. The fourth-order valence-electron chi connectivity index (χ4n) is 0.735. The zero-order valence-electron chi connectivity index (χ0n) is 8.10. The maximum absolute atomic E-state index is 11.6. The molecule has 0 radical (unpaired) electrons. The van der Waals surface area contributed by atoms with Crippen LogP contribution in [0.5, 0.6) is 0 Å². The second-order valence-corrected chi connectivity index (χ2v) is 3.13. The molecular formula is C8H14F3NO2. The summed E-state index contributed by atoms with van der Waals surface area (Å²) in [4.78, 5) is 10.9. The van der Waals surface area contributed by atoms with Crippen molar-refractivity contribution in [2.24, 2.45) is 11.7 Å². The van der Waals surface area contributed by atoms with E-state index in [4.69, 9.17) is 5.73 Å². The highest BCUT2D eigenvalue weighted by molar-refractivity contribution is 5.75. The lowest BCUT2D eigenvalue weighted by molar-refractivity contribution is -0.187. The number of carbonyl (C=O) groups excluding carboxylic acids is 1. The lowest BCUT2D eigenvalue weighted by atomic mass is 10.0. The van der Waals surface area contributed by atoms with Crippen LogP contribution in [0, 0.1) is 5.92 Å². The summed E-state index contributed by atoms with van der Waals surface area (Å²) in [7, 11) is 0. The average molecular weight is 213 g/mol. The van der Waals surface area contributed by atoms with Crippen LogP contribution in [-0.2, 0) is 9.53 Å². The Morgan fingerprint density at radius 2 is 2.00 bits per heavy atom. The predicted octanol–water partition coefficient (Wildman–Crippen LogP) is 1.47. The summed E-state index contributed by atoms with van der Waals surface area (Å²) in [5.74, 6) is -1.19. The summed E-state index contributed by atoms with van der Waals surface area (Å²) < 4.78 is 38.9. The van der Waals surface area contributed by atoms with Crippen LogP contribution in [0.25, 0.3) is 0 Å². The molecule has 2 N–H and O–H groups in total. The van der Waals surface area contributed by atoms with E-state index in [1.54, 1.807) is 13.8 Å². The second-order valence-electron chi connectivity index (χ2n) is 3.13. The molecule has 0 aliphatic heterocycles. The first kappa shape index (κ1) is 13.2. The first-order chi connectivity index (χ1) is 6.28. The van der Waals surface area contributed by atoms with Crippen LogP contribution in [0.3, 0.4) is 0 Å². The SMILES string of the molecule is CC[C@H](C)[C@H](N)C(=O)OCC(F)(F)F. The molecule has 3 nitrogen and oxygen atoms in total. The van der Waals surface area contributed by atoms with Crippen LogP contribution in [0.4, 0.5) is 13.2 Å². The van der Waals surface area contributed by atoms with Crippen molar-refractivity contribution in [1.29, 1.82) is 0 Å². The lowest BCUT2D eigenvalue weighted by Gasteiger charge is -2.17. The molecular weight excluding hydrogens is 199 g/mol. The largest absolute Gasteiger partial charge is 0.455 e. The van der Waals surface area contributed by atoms with Gasteiger partial charge >= 0.3 is 12.1 Å². The number of nitrogens with two attached hydrogens (primary N) is 1. The molecule has 0 unspecified atom stereocenters. The molecule has 2 atom stereocenters. The molecule has 0 rings (SSSR count). The molecule has 0 saturated heterocycles. The molecule has 0 spiro atoms. The van der Waals surface area contributed by atoms with Crippen LogP contribution >= 0.6 is 0 Å². The molecule has 0 aromatic carbocycles. The molecule has 0 bridgehead atoms. The summed E-state index contributed by atoms with van der Waals surface area (Å²) in [5, 5.41) is 0. The van der Waals surface area contributed by atoms with E-state index >= 15 is 0 Å². The summed E-state index contributed by atoms with van der Waals surface area (Å²) in [6.07, 6.45) is -3.88. The normalized spacial score (nSPS) is 16.1. The number of rotatable bonds is 4. The van der Waals surface area contributed by atoms with Crippen molar-refractivity contribution in [2.45, 2.75) is 32.5 Å². The Labute approximate surface area is 80.4 Å². The van der Waals surface area contributed by atoms with Crippen LogP contribution in [-0.4, -0.2) is 24.8 Å². The van der Waals surface area contributed by atoms with Crippen molar-refractivity contribution in [2.75, 3.05) is 6.61 Å². The van der Waals surface area contributed by atoms with Crippen molar-refractivity contribution >= 4 is 5.97 Å². The van der Waals surface area contributed by atoms with Gasteiger partial charge < -0.3 is 10.5 Å². The smallest absolute Gasteiger partial charge is 0.422 e. The van der Waals surface area contributed by atoms with E-state index in [-0.39, 0.29) is 5.92 Å². The van der Waals surface area contributed by atoms with Crippen molar-refractivity contribution < 1.29 is 22.7 Å². The van der Waals surface area contributed by atoms with E-state index in [1.165, 1.54) is 0 Å². The molecule has 0 aromatic heterocycles. The number of halogens is 3. The minimum Gasteiger partial charge on any atom is -0.455 e. The van der Waals surface area contributed by atoms with E-state index in [9.17, 15) is 18.0 Å². The first-order valence-electron chi connectivity index (χ1n) is 4.27. The number of esters is 1. The quantitative estimate of drug-likeness (QED) is 0.719. The highest BCUT2D eigenvalue weighted by Gasteiger charge is 2.31. The summed E-state index contributed by atoms with van der Waals surface area (Å²) in [6.45, 7) is 1.90. The highest BCUT2D eigenvalue weighted by atomic mass is 19.4. The minimum atomic E-state index is -4.50. The van der Waals surface area contributed by atoms with Gasteiger partial charge in [0.1, 0.15) is 6.04 Å². The van der Waals surface area contributed by atoms with Crippen molar-refractivity contribution in [3.8, 4) is 0 Å². The van der Waals surface area contributed by atoms with E-state index in [0.29, 0.717) is 6.42 Å². The van der Waals surface area contributed by atoms with Gasteiger partial charge in [0.25, 0.3) is 0 Å². The van der Waals surface area contributed by atoms with Gasteiger partial charge in [-0.2, -0.15) is 13.2 Å². The summed E-state index contributed by atoms with van der Waals surface area (Å²) in [6, 6.07) is -0.984. The van der Waals surface area contributed by atoms with Gasteiger partial charge in [0.15, 0.2) is 6.61 Å². The van der Waals surface area contributed by atoms with Gasteiger partial charge in [-0.3, -0.25) is 4.79 Å². The molecule has 0 amide bonds. The standard InChI is InChI=1S/C8H14F3NO2/c1-3-5(2)6(12)7(13)14-4-8(9,10)11/h5-6H,3-4,12H2,1-2H3/t5-,6-/m0/s1. The Morgan fingerprint density at radius 1 is 1.50 bits per heavy atom. The number of carbonyl (C=O) groups is 1. The third-order valence-corrected chi connectivity index (χ3v) is 1.91. The van der Waals surface area contributed by atoms with Crippen LogP contribution in [0.15, 0.2) is 0 Å². The molecule has 14 heavy (non-hydrogen) atoms. The van der Waals surface area contributed by atoms with Gasteiger partial charge in [0.05, 0.1) is 0 Å². The fraction of sp³-hybridized carbons (Fsp3) is 0.875. The molecule has 0 aromatic rings. The third kappa shape index (κ3) is 5.06. The average Bonchev–Trinajstić information content (AvgIpc) is 2.10. The Morgan fingerprint density at radius 3 is 2.36 bits per heavy atom. The molecule has 0 heterocycles. The molecule has 0 aliphatic carbocycles. The number of alkyl halides is 3. The fourth-order valence-corrected chi connectivity index (χ4v) is 0.735. The highest BCUT2D eigenvalue weighted by Crippen LogP contribution is 2.15. The minimum absolute atomic E-state index is 0.185. The molecule has 84 valence electrons. The van der Waals surface area contributed by atoms with Crippen molar-refractivity contribution in [1.82, 2.24) is 0 Å². The Hall–Kier alpha value is -0.780. The van der Waals surface area contributed by atoms with E-state index in [2.05, 4.69) is 4.74 Å². The summed E-state index contributed by atoms with van der Waals surface area (Å²) in [5.41, 5.74) is 5.36. The molecule has 0 saturated carbocycles. The van der Waals surface area contributed by atoms with Gasteiger partial charge in [-0.25, -0.2) is 0 Å². The Kier molecular flexibility index (Phi) is 4.90. The number of ether oxygens (including phenoxy) is 1. The number of hydrogen-bond acceptors (Lipinski definition) is 3. The lowest BCUT2D eigenvalue weighted by Crippen LogP contribution is -2.39. The second kappa shape index (κ2) is 5.19. The van der Waals surface area contributed by atoms with Crippen molar-refractivity contribution in [3.63, 3.8) is 0 Å². The van der Waals surface area contributed by atoms with Gasteiger partial charge in [-0.15, -0.1) is 0 Å². The monoisotopic (exact) mass is 213 g/mol. The summed E-state index contributed by atoms with van der Waals surface area (Å²) >= 11 is 0. The number of hydrogen-bond donors (Lipinski definition) is 1. The maximum atomic E-state index is 11.6. The van der Waals surface area contributed by atoms with E-state index < -0.39 is 24.8 Å². The van der Waals surface area contributed by atoms with Crippen molar-refractivity contribution in [3.05, 3.63) is 0 Å². The zero-order valence-corrected chi connectivity index (χ0v) is 8.10.